The van der Waals surface area contributed by atoms with E-state index in [2.05, 4.69) is 5.32 Å². The minimum Gasteiger partial charge on any atom is -0.492 e. The zero-order valence-corrected chi connectivity index (χ0v) is 20.2. The number of halogens is 1. The molecule has 33 heavy (non-hydrogen) atoms. The lowest BCUT2D eigenvalue weighted by Gasteiger charge is -2.26. The number of para-hydroxylation sites is 2. The molecule has 0 saturated heterocycles. The number of rotatable bonds is 10. The van der Waals surface area contributed by atoms with Crippen LogP contribution in [0.2, 0.25) is 5.02 Å². The van der Waals surface area contributed by atoms with Crippen LogP contribution in [0.25, 0.3) is 0 Å². The van der Waals surface area contributed by atoms with Crippen molar-refractivity contribution in [3.63, 3.8) is 0 Å². The molecular formula is C25H27ClN2O4S. The third-order valence-electron chi connectivity index (χ3n) is 4.98. The van der Waals surface area contributed by atoms with Gasteiger partial charge in [0.15, 0.2) is 0 Å². The van der Waals surface area contributed by atoms with Crippen LogP contribution in [0.15, 0.2) is 77.7 Å². The van der Waals surface area contributed by atoms with Gasteiger partial charge in [-0.25, -0.2) is 8.42 Å². The van der Waals surface area contributed by atoms with Gasteiger partial charge < -0.3 is 10.1 Å². The van der Waals surface area contributed by atoms with Crippen LogP contribution in [-0.2, 0) is 21.2 Å². The highest BCUT2D eigenvalue weighted by Crippen LogP contribution is 2.32. The molecule has 0 saturated carbocycles. The average molecular weight is 487 g/mol. The van der Waals surface area contributed by atoms with Crippen molar-refractivity contribution < 1.29 is 17.9 Å². The molecule has 174 valence electrons. The van der Waals surface area contributed by atoms with Gasteiger partial charge in [0.25, 0.3) is 10.0 Å². The molecule has 0 bridgehead atoms. The lowest BCUT2D eigenvalue weighted by molar-refractivity contribution is -0.119. The quantitative estimate of drug-likeness (QED) is 0.454. The SMILES string of the molecule is CCOc1ccccc1N(CC(=O)NCCc1ccc(Cl)cc1)S(=O)(=O)c1ccc(C)cc1. The first-order chi connectivity index (χ1) is 15.8. The average Bonchev–Trinajstić information content (AvgIpc) is 2.80. The number of carbonyl (C=O) groups excluding carboxylic acids is 1. The van der Waals surface area contributed by atoms with Crippen molar-refractivity contribution >= 4 is 33.2 Å². The molecule has 0 heterocycles. The van der Waals surface area contributed by atoms with E-state index in [1.807, 2.05) is 26.0 Å². The largest absolute Gasteiger partial charge is 0.492 e. The summed E-state index contributed by atoms with van der Waals surface area (Å²) in [6.07, 6.45) is 0.600. The Kier molecular flexibility index (Phi) is 8.36. The number of nitrogens with one attached hydrogen (secondary N) is 1. The van der Waals surface area contributed by atoms with Gasteiger partial charge in [0, 0.05) is 11.6 Å². The lowest BCUT2D eigenvalue weighted by atomic mass is 10.1. The van der Waals surface area contributed by atoms with E-state index in [1.54, 1.807) is 60.7 Å². The fraction of sp³-hybridized carbons (Fsp3) is 0.240. The number of amides is 1. The minimum absolute atomic E-state index is 0.105. The molecule has 0 radical (unpaired) electrons. The summed E-state index contributed by atoms with van der Waals surface area (Å²) in [5.74, 6) is -0.0180. The van der Waals surface area contributed by atoms with Gasteiger partial charge in [-0.15, -0.1) is 0 Å². The summed E-state index contributed by atoms with van der Waals surface area (Å²) >= 11 is 5.91. The summed E-state index contributed by atoms with van der Waals surface area (Å²) in [4.78, 5) is 12.9. The second-order valence-electron chi connectivity index (χ2n) is 7.45. The number of anilines is 1. The van der Waals surface area contributed by atoms with Crippen molar-refractivity contribution in [3.05, 3.63) is 88.9 Å². The third kappa shape index (κ3) is 6.49. The number of nitrogens with zero attached hydrogens (tertiary/aromatic N) is 1. The van der Waals surface area contributed by atoms with Gasteiger partial charge in [-0.05, 0) is 62.2 Å². The highest BCUT2D eigenvalue weighted by Gasteiger charge is 2.29. The maximum absolute atomic E-state index is 13.5. The number of aryl methyl sites for hydroxylation is 1. The lowest BCUT2D eigenvalue weighted by Crippen LogP contribution is -2.41. The Morgan fingerprint density at radius 3 is 2.33 bits per heavy atom. The number of ether oxygens (including phenoxy) is 1. The summed E-state index contributed by atoms with van der Waals surface area (Å²) < 4.78 is 33.8. The van der Waals surface area contributed by atoms with E-state index >= 15 is 0 Å². The Bertz CT molecular complexity index is 1180. The summed E-state index contributed by atoms with van der Waals surface area (Å²) in [5, 5.41) is 3.46. The minimum atomic E-state index is -4.01. The van der Waals surface area contributed by atoms with Crippen LogP contribution in [0.1, 0.15) is 18.1 Å². The Balaban J connectivity index is 1.83. The van der Waals surface area contributed by atoms with Crippen LogP contribution in [0.5, 0.6) is 5.75 Å². The Morgan fingerprint density at radius 2 is 1.67 bits per heavy atom. The Labute approximate surface area is 200 Å². The van der Waals surface area contributed by atoms with Crippen LogP contribution >= 0.6 is 11.6 Å². The van der Waals surface area contributed by atoms with Crippen molar-refractivity contribution in [3.8, 4) is 5.75 Å². The van der Waals surface area contributed by atoms with Gasteiger partial charge in [-0.2, -0.15) is 0 Å². The van der Waals surface area contributed by atoms with E-state index in [9.17, 15) is 13.2 Å². The predicted molar refractivity (Wildman–Crippen MR) is 131 cm³/mol. The molecule has 3 aromatic rings. The molecule has 8 heteroatoms. The zero-order chi connectivity index (χ0) is 23.8. The van der Waals surface area contributed by atoms with Crippen molar-refractivity contribution in [2.24, 2.45) is 0 Å². The highest BCUT2D eigenvalue weighted by atomic mass is 35.5. The molecular weight excluding hydrogens is 460 g/mol. The van der Waals surface area contributed by atoms with E-state index in [1.165, 1.54) is 0 Å². The summed E-state index contributed by atoms with van der Waals surface area (Å²) in [6, 6.07) is 20.7. The van der Waals surface area contributed by atoms with E-state index in [4.69, 9.17) is 16.3 Å². The second-order valence-corrected chi connectivity index (χ2v) is 9.75. The summed E-state index contributed by atoms with van der Waals surface area (Å²) in [7, 11) is -4.01. The van der Waals surface area contributed by atoms with Crippen LogP contribution in [0.4, 0.5) is 5.69 Å². The fourth-order valence-electron chi connectivity index (χ4n) is 3.26. The first kappa shape index (κ1) is 24.6. The Hall–Kier alpha value is -3.03. The molecule has 1 amide bonds. The first-order valence-electron chi connectivity index (χ1n) is 10.6. The molecule has 0 spiro atoms. The molecule has 0 aromatic heterocycles. The number of carbonyl (C=O) groups is 1. The monoisotopic (exact) mass is 486 g/mol. The molecule has 0 fully saturated rings. The second kappa shape index (κ2) is 11.2. The fourth-order valence-corrected chi connectivity index (χ4v) is 4.82. The van der Waals surface area contributed by atoms with Crippen LogP contribution in [0.3, 0.4) is 0 Å². The first-order valence-corrected chi connectivity index (χ1v) is 12.5. The van der Waals surface area contributed by atoms with Crippen molar-refractivity contribution in [1.82, 2.24) is 5.32 Å². The number of sulfonamides is 1. The molecule has 0 unspecified atom stereocenters. The topological polar surface area (TPSA) is 75.7 Å². The standard InChI is InChI=1S/C25H27ClN2O4S/c1-3-32-24-7-5-4-6-23(24)28(33(30,31)22-14-8-19(2)9-15-22)18-25(29)27-17-16-20-10-12-21(26)13-11-20/h4-15H,3,16-18H2,1-2H3,(H,27,29). The van der Waals surface area contributed by atoms with Crippen LogP contribution in [-0.4, -0.2) is 34.0 Å². The van der Waals surface area contributed by atoms with E-state index in [-0.39, 0.29) is 11.4 Å². The molecule has 0 aliphatic heterocycles. The summed E-state index contributed by atoms with van der Waals surface area (Å²) in [6.45, 7) is 4.06. The van der Waals surface area contributed by atoms with Crippen molar-refractivity contribution in [1.29, 1.82) is 0 Å². The molecule has 0 aliphatic carbocycles. The number of benzene rings is 3. The van der Waals surface area contributed by atoms with Crippen LogP contribution in [0, 0.1) is 6.92 Å². The van der Waals surface area contributed by atoms with Gasteiger partial charge >= 0.3 is 0 Å². The smallest absolute Gasteiger partial charge is 0.264 e. The molecule has 0 aliphatic rings. The maximum atomic E-state index is 13.5. The predicted octanol–water partition coefficient (Wildman–Crippen LogP) is 4.60. The van der Waals surface area contributed by atoms with E-state index in [0.717, 1.165) is 15.4 Å². The number of hydrogen-bond acceptors (Lipinski definition) is 4. The van der Waals surface area contributed by atoms with Gasteiger partial charge in [-0.1, -0.05) is 53.6 Å². The van der Waals surface area contributed by atoms with Crippen molar-refractivity contribution in [2.45, 2.75) is 25.2 Å². The van der Waals surface area contributed by atoms with Crippen LogP contribution < -0.4 is 14.4 Å². The molecule has 3 rings (SSSR count). The third-order valence-corrected chi connectivity index (χ3v) is 7.01. The number of hydrogen-bond donors (Lipinski definition) is 1. The van der Waals surface area contributed by atoms with Gasteiger partial charge in [-0.3, -0.25) is 9.10 Å². The molecule has 0 atom stereocenters. The zero-order valence-electron chi connectivity index (χ0n) is 18.6. The molecule has 6 nitrogen and oxygen atoms in total. The molecule has 3 aromatic carbocycles. The normalized spacial score (nSPS) is 11.1. The summed E-state index contributed by atoms with van der Waals surface area (Å²) in [5.41, 5.74) is 2.27. The van der Waals surface area contributed by atoms with Crippen molar-refractivity contribution in [2.75, 3.05) is 24.0 Å². The Morgan fingerprint density at radius 1 is 1.00 bits per heavy atom. The molecule has 1 N–H and O–H groups in total. The van der Waals surface area contributed by atoms with Gasteiger partial charge in [0.1, 0.15) is 12.3 Å². The van der Waals surface area contributed by atoms with Gasteiger partial charge in [0.05, 0.1) is 17.2 Å². The van der Waals surface area contributed by atoms with E-state index < -0.39 is 15.9 Å². The van der Waals surface area contributed by atoms with Gasteiger partial charge in [0.2, 0.25) is 5.91 Å². The highest BCUT2D eigenvalue weighted by molar-refractivity contribution is 7.92. The van der Waals surface area contributed by atoms with E-state index in [0.29, 0.717) is 36.0 Å². The maximum Gasteiger partial charge on any atom is 0.264 e.